The van der Waals surface area contributed by atoms with Crippen molar-refractivity contribution < 1.29 is 19.1 Å². The van der Waals surface area contributed by atoms with E-state index in [-0.39, 0.29) is 0 Å². The van der Waals surface area contributed by atoms with E-state index < -0.39 is 18.0 Å². The topological polar surface area (TPSA) is 64.6 Å². The smallest absolute Gasteiger partial charge is 0.339 e. The molecule has 1 aliphatic heterocycles. The summed E-state index contributed by atoms with van der Waals surface area (Å²) in [6.45, 7) is 1.93. The summed E-state index contributed by atoms with van der Waals surface area (Å²) in [6, 6.07) is 22.0. The molecule has 1 unspecified atom stereocenters. The van der Waals surface area contributed by atoms with Crippen LogP contribution < -0.4 is 10.1 Å². The molecule has 7 heteroatoms. The number of carbonyl (C=O) groups is 2. The highest BCUT2D eigenvalue weighted by Gasteiger charge is 2.27. The van der Waals surface area contributed by atoms with Crippen LogP contribution in [-0.4, -0.2) is 30.5 Å². The number of aryl methyl sites for hydroxylation is 1. The molecule has 0 bridgehead atoms. The number of ether oxygens (including phenoxy) is 2. The molecule has 1 heterocycles. The minimum Gasteiger partial charge on any atom is -0.495 e. The normalized spacial score (nSPS) is 14.8. The van der Waals surface area contributed by atoms with Gasteiger partial charge in [0.15, 0.2) is 0 Å². The molecule has 0 radical (unpaired) electrons. The van der Waals surface area contributed by atoms with Gasteiger partial charge in [0.25, 0.3) is 5.91 Å². The Morgan fingerprint density at radius 2 is 1.68 bits per heavy atom. The third kappa shape index (κ3) is 5.96. The van der Waals surface area contributed by atoms with Crippen molar-refractivity contribution in [3.63, 3.8) is 0 Å². The summed E-state index contributed by atoms with van der Waals surface area (Å²) in [6.07, 6.45) is 0.121. The summed E-state index contributed by atoms with van der Waals surface area (Å²) < 4.78 is 11.5. The van der Waals surface area contributed by atoms with Gasteiger partial charge in [-0.2, -0.15) is 0 Å². The maximum atomic E-state index is 13.3. The zero-order valence-electron chi connectivity index (χ0n) is 19.2. The van der Waals surface area contributed by atoms with Gasteiger partial charge in [0, 0.05) is 5.56 Å². The number of carbonyl (C=O) groups excluding carboxylic acids is 2. The Balaban J connectivity index is 1.53. The standard InChI is InChI=1S/C27H27NO4S2/c1-18-9-14-23(31-2)22(17-18)28-25(29)24(19-7-4-3-5-8-19)32-26(30)20-10-12-21(13-11-20)27-33-15-6-16-34-27/h3-5,7-14,17,24,27H,6,15-16H2,1-2H3,(H,28,29). The molecule has 34 heavy (non-hydrogen) atoms. The van der Waals surface area contributed by atoms with Crippen LogP contribution in [0.25, 0.3) is 0 Å². The molecule has 4 rings (SSSR count). The average molecular weight is 494 g/mol. The molecule has 176 valence electrons. The lowest BCUT2D eigenvalue weighted by molar-refractivity contribution is -0.125. The summed E-state index contributed by atoms with van der Waals surface area (Å²) in [5.74, 6) is 1.85. The first kappa shape index (κ1) is 24.2. The van der Waals surface area contributed by atoms with Crippen molar-refractivity contribution in [2.75, 3.05) is 23.9 Å². The number of amides is 1. The number of hydrogen-bond acceptors (Lipinski definition) is 6. The van der Waals surface area contributed by atoms with Crippen molar-refractivity contribution in [3.8, 4) is 5.75 Å². The van der Waals surface area contributed by atoms with Crippen molar-refractivity contribution in [2.24, 2.45) is 0 Å². The Labute approximate surface area is 208 Å². The Bertz CT molecular complexity index is 1130. The Hall–Kier alpha value is -2.90. The summed E-state index contributed by atoms with van der Waals surface area (Å²) in [4.78, 5) is 26.3. The van der Waals surface area contributed by atoms with Gasteiger partial charge in [-0.3, -0.25) is 4.79 Å². The largest absolute Gasteiger partial charge is 0.495 e. The van der Waals surface area contributed by atoms with Crippen LogP contribution in [0, 0.1) is 6.92 Å². The Kier molecular flexibility index (Phi) is 8.19. The van der Waals surface area contributed by atoms with Crippen LogP contribution in [-0.2, 0) is 9.53 Å². The van der Waals surface area contributed by atoms with E-state index in [1.54, 1.807) is 37.4 Å². The average Bonchev–Trinajstić information content (AvgIpc) is 2.88. The van der Waals surface area contributed by atoms with Gasteiger partial charge >= 0.3 is 5.97 Å². The van der Waals surface area contributed by atoms with Gasteiger partial charge in [-0.15, -0.1) is 23.5 Å². The molecule has 1 atom stereocenters. The third-order valence-corrected chi connectivity index (χ3v) is 8.44. The van der Waals surface area contributed by atoms with Crippen LogP contribution in [0.2, 0.25) is 0 Å². The lowest BCUT2D eigenvalue weighted by Gasteiger charge is -2.21. The minimum atomic E-state index is -1.11. The molecular formula is C27H27NO4S2. The fourth-order valence-corrected chi connectivity index (χ4v) is 6.54. The number of thioether (sulfide) groups is 2. The quantitative estimate of drug-likeness (QED) is 0.384. The molecule has 1 N–H and O–H groups in total. The summed E-state index contributed by atoms with van der Waals surface area (Å²) >= 11 is 3.86. The van der Waals surface area contributed by atoms with Gasteiger partial charge in [0.2, 0.25) is 6.10 Å². The second kappa shape index (κ2) is 11.5. The molecule has 5 nitrogen and oxygen atoms in total. The Morgan fingerprint density at radius 3 is 2.35 bits per heavy atom. The summed E-state index contributed by atoms with van der Waals surface area (Å²) in [5, 5.41) is 2.86. The predicted octanol–water partition coefficient (Wildman–Crippen LogP) is 6.41. The zero-order chi connectivity index (χ0) is 23.9. The second-order valence-corrected chi connectivity index (χ2v) is 10.7. The van der Waals surface area contributed by atoms with Gasteiger partial charge in [-0.1, -0.05) is 48.5 Å². The highest BCUT2D eigenvalue weighted by Crippen LogP contribution is 2.43. The highest BCUT2D eigenvalue weighted by molar-refractivity contribution is 8.16. The summed E-state index contributed by atoms with van der Waals surface area (Å²) in [7, 11) is 1.54. The summed E-state index contributed by atoms with van der Waals surface area (Å²) in [5.41, 5.74) is 3.69. The van der Waals surface area contributed by atoms with Crippen LogP contribution >= 0.6 is 23.5 Å². The third-order valence-electron chi connectivity index (χ3n) is 5.42. The number of esters is 1. The van der Waals surface area contributed by atoms with Crippen LogP contribution in [0.5, 0.6) is 5.75 Å². The molecule has 1 aliphatic rings. The monoisotopic (exact) mass is 493 g/mol. The molecule has 3 aromatic rings. The molecule has 1 saturated heterocycles. The van der Waals surface area contributed by atoms with E-state index in [0.29, 0.717) is 27.1 Å². The number of hydrogen-bond donors (Lipinski definition) is 1. The zero-order valence-corrected chi connectivity index (χ0v) is 20.8. The second-order valence-electron chi connectivity index (χ2n) is 7.94. The molecule has 0 aliphatic carbocycles. The molecule has 0 spiro atoms. The number of nitrogens with one attached hydrogen (secondary N) is 1. The molecule has 0 saturated carbocycles. The van der Waals surface area contributed by atoms with E-state index in [0.717, 1.165) is 17.1 Å². The lowest BCUT2D eigenvalue weighted by atomic mass is 10.1. The van der Waals surface area contributed by atoms with Crippen LogP contribution in [0.4, 0.5) is 5.69 Å². The lowest BCUT2D eigenvalue weighted by Crippen LogP contribution is -2.26. The maximum absolute atomic E-state index is 13.3. The molecule has 1 fully saturated rings. The number of methoxy groups -OCH3 is 1. The van der Waals surface area contributed by atoms with Gasteiger partial charge in [0.1, 0.15) is 5.75 Å². The van der Waals surface area contributed by atoms with Crippen molar-refractivity contribution >= 4 is 41.1 Å². The van der Waals surface area contributed by atoms with E-state index in [1.165, 1.54) is 12.0 Å². The van der Waals surface area contributed by atoms with Crippen LogP contribution in [0.1, 0.15) is 44.2 Å². The van der Waals surface area contributed by atoms with Gasteiger partial charge in [-0.05, 0) is 60.2 Å². The first-order valence-electron chi connectivity index (χ1n) is 11.1. The predicted molar refractivity (Wildman–Crippen MR) is 140 cm³/mol. The number of rotatable bonds is 7. The first-order chi connectivity index (χ1) is 16.5. The van der Waals surface area contributed by atoms with Crippen molar-refractivity contribution in [1.82, 2.24) is 0 Å². The van der Waals surface area contributed by atoms with E-state index in [9.17, 15) is 9.59 Å². The van der Waals surface area contributed by atoms with Gasteiger partial charge in [0.05, 0.1) is 22.9 Å². The molecule has 0 aromatic heterocycles. The number of anilines is 1. The van der Waals surface area contributed by atoms with E-state index in [2.05, 4.69) is 5.32 Å². The van der Waals surface area contributed by atoms with Crippen LogP contribution in [0.3, 0.4) is 0 Å². The van der Waals surface area contributed by atoms with E-state index in [4.69, 9.17) is 9.47 Å². The van der Waals surface area contributed by atoms with Crippen molar-refractivity contribution in [2.45, 2.75) is 24.0 Å². The molecular weight excluding hydrogens is 466 g/mol. The first-order valence-corrected chi connectivity index (χ1v) is 13.2. The molecule has 1 amide bonds. The van der Waals surface area contributed by atoms with E-state index in [1.807, 2.05) is 72.9 Å². The van der Waals surface area contributed by atoms with Gasteiger partial charge < -0.3 is 14.8 Å². The SMILES string of the molecule is COc1ccc(C)cc1NC(=O)C(OC(=O)c1ccc(C2SCCCS2)cc1)c1ccccc1. The number of benzene rings is 3. The maximum Gasteiger partial charge on any atom is 0.339 e. The van der Waals surface area contributed by atoms with Crippen LogP contribution in [0.15, 0.2) is 72.8 Å². The van der Waals surface area contributed by atoms with Gasteiger partial charge in [-0.25, -0.2) is 4.79 Å². The van der Waals surface area contributed by atoms with E-state index >= 15 is 0 Å². The highest BCUT2D eigenvalue weighted by atomic mass is 32.2. The Morgan fingerprint density at radius 1 is 0.971 bits per heavy atom. The fraction of sp³-hybridized carbons (Fsp3) is 0.259. The minimum absolute atomic E-state index is 0.394. The van der Waals surface area contributed by atoms with Crippen molar-refractivity contribution in [3.05, 3.63) is 95.1 Å². The fourth-order valence-electron chi connectivity index (χ4n) is 3.65. The molecule has 3 aromatic carbocycles. The van der Waals surface area contributed by atoms with Crippen molar-refractivity contribution in [1.29, 1.82) is 0 Å².